The first kappa shape index (κ1) is 93.4. The Morgan fingerprint density at radius 2 is 1.32 bits per heavy atom. The number of hydrogen-bond donors (Lipinski definition) is 22. The smallest absolute Gasteiger partial charge is 0.330 e. The molecule has 24 N–H and O–H groups in total. The predicted molar refractivity (Wildman–Crippen MR) is 439 cm³/mol. The van der Waals surface area contributed by atoms with E-state index in [9.17, 15) is 75.7 Å². The van der Waals surface area contributed by atoms with Crippen molar-refractivity contribution in [1.29, 1.82) is 0 Å². The molecule has 9 heterocycles. The van der Waals surface area contributed by atoms with Crippen LogP contribution in [0.3, 0.4) is 0 Å². The summed E-state index contributed by atoms with van der Waals surface area (Å²) in [5.41, 5.74) is 9.12. The normalized spacial score (nSPS) is 31.1. The summed E-state index contributed by atoms with van der Waals surface area (Å²) >= 11 is 14.5. The monoisotopic (exact) mass is 1800 g/mol. The molecule has 0 aromatic heterocycles. The second-order valence-corrected chi connectivity index (χ2v) is 33.5. The molecule has 24 atom stereocenters. The minimum atomic E-state index is -2.42. The average molecular weight is 1800 g/mol. The average Bonchev–Trinajstić information content (AvgIpc) is 0.766. The van der Waals surface area contributed by atoms with Crippen molar-refractivity contribution in [2.75, 3.05) is 46.4 Å². The lowest BCUT2D eigenvalue weighted by Gasteiger charge is -2.46. The molecule has 4 saturated heterocycles. The number of aliphatic carboxylic acids is 1. The van der Waals surface area contributed by atoms with Crippen LogP contribution in [0, 0.1) is 5.92 Å². The Morgan fingerprint density at radius 3 is 1.97 bits per heavy atom. The number of nitrogens with two attached hydrogens (primary N) is 2. The second-order valence-electron chi connectivity index (χ2n) is 32.7. The third kappa shape index (κ3) is 20.8. The summed E-state index contributed by atoms with van der Waals surface area (Å²) in [6, 6.07) is 8.87. The number of aliphatic hydroxyl groups is 8. The summed E-state index contributed by atoms with van der Waals surface area (Å²) in [7, 11) is 1.46. The third-order valence-electron chi connectivity index (χ3n) is 22.9. The largest absolute Gasteiger partial charge is 0.508 e. The standard InChI is InChI=1S/C84H101Cl2N11O29/c1-34(2)19-47(89-5)75(110)95-63-65(103)38-12-15-51(45(85)21-38)120-53-23-40-24-54(72(53)125-83-70(108)68(106)73(56(33-98)123-83)126-82-69(107)67(105)66(104)55(122-82)30-90-29-42-32-97(17-18-118-42)31-36-9-7-6-8-10-36)121-52-16-13-39(22-46(52)86)71(124-58-28-84(4,88)74(109)35(3)119-58)64-80(115)94-62(81(116)117)44-25-41(99)26-50(101)59(44)43-20-37(11-14-49(43)100)60(77(112)96-64)93-78(113)61(40)92-76(111)48(27-57(87)102)91-79(63)114/h6-16,20-26,34-35,42,47-48,55-56,58,60-71,73-74,82-83,89-90,98-101,103-109H,17-19,27-33,88H2,1-5H3,(H2,87,102)(H,91,114)(H,92,111)(H,93,113)(H,94,115)(H,95,110)(H,96,112)(H,116,117)/t35-,42?,47+,48-,55+,56+,58-,60-,61+,62-,63?,64-,65+,66-,67-,68+,69+,70+,71+,73+,74-,82-,83-,84-/m0/s1. The summed E-state index contributed by atoms with van der Waals surface area (Å²) in [5.74, 6) is -16.6. The van der Waals surface area contributed by atoms with E-state index in [0.29, 0.717) is 26.2 Å². The maximum atomic E-state index is 16.4. The quantitative estimate of drug-likeness (QED) is 0.0429. The Balaban J connectivity index is 0.956. The third-order valence-corrected chi connectivity index (χ3v) is 23.5. The lowest BCUT2D eigenvalue weighted by molar-refractivity contribution is -0.350. The minimum Gasteiger partial charge on any atom is -0.508 e. The molecule has 9 aliphatic rings. The number of phenolic OH excluding ortho intramolecular Hbond substituents is 3. The van der Waals surface area contributed by atoms with E-state index >= 15 is 24.0 Å². The molecule has 0 spiro atoms. The number of carbonyl (C=O) groups excluding carboxylic acids is 7. The van der Waals surface area contributed by atoms with E-state index < -0.39 is 279 Å². The number of ether oxygens (including phenoxy) is 9. The first-order valence-corrected chi connectivity index (χ1v) is 41.3. The number of carboxylic acids is 1. The van der Waals surface area contributed by atoms with Crippen LogP contribution < -0.4 is 68.2 Å². The van der Waals surface area contributed by atoms with Crippen molar-refractivity contribution in [2.45, 2.75) is 200 Å². The number of carboxylic acid groups (broad SMARTS) is 1. The van der Waals surface area contributed by atoms with Crippen LogP contribution in [0.1, 0.15) is 111 Å². The highest BCUT2D eigenvalue weighted by Crippen LogP contribution is 2.50. The van der Waals surface area contributed by atoms with Gasteiger partial charge in [-0.15, -0.1) is 0 Å². The number of halogens is 2. The molecular weight excluding hydrogens is 1700 g/mol. The molecule has 9 aliphatic heterocycles. The van der Waals surface area contributed by atoms with E-state index in [-0.39, 0.29) is 54.6 Å². The van der Waals surface area contributed by atoms with E-state index in [1.165, 1.54) is 33.0 Å². The number of benzene rings is 6. The van der Waals surface area contributed by atoms with Crippen molar-refractivity contribution in [2.24, 2.45) is 17.4 Å². The van der Waals surface area contributed by atoms with Crippen LogP contribution in [0.5, 0.6) is 46.0 Å². The highest BCUT2D eigenvalue weighted by molar-refractivity contribution is 6.32. The van der Waals surface area contributed by atoms with Gasteiger partial charge in [0.25, 0.3) is 0 Å². The molecule has 42 heteroatoms. The molecule has 40 nitrogen and oxygen atoms in total. The zero-order valence-corrected chi connectivity index (χ0v) is 70.0. The number of fused-ring (bicyclic) bond motifs is 15. The number of amides is 7. The van der Waals surface area contributed by atoms with Gasteiger partial charge in [0.05, 0.1) is 54.0 Å². The molecule has 2 unspecified atom stereocenters. The molecule has 6 aromatic carbocycles. The first-order valence-electron chi connectivity index (χ1n) is 40.6. The van der Waals surface area contributed by atoms with E-state index in [1.807, 2.05) is 44.2 Å². The van der Waals surface area contributed by atoms with Crippen LogP contribution in [0.25, 0.3) is 11.1 Å². The van der Waals surface area contributed by atoms with Gasteiger partial charge in [-0.25, -0.2) is 4.79 Å². The van der Waals surface area contributed by atoms with Gasteiger partial charge in [-0.2, -0.15) is 0 Å². The lowest BCUT2D eigenvalue weighted by atomic mass is 9.86. The number of primary amides is 1. The molecule has 680 valence electrons. The molecule has 126 heavy (non-hydrogen) atoms. The molecule has 0 radical (unpaired) electrons. The summed E-state index contributed by atoms with van der Waals surface area (Å²) in [4.78, 5) is 123. The van der Waals surface area contributed by atoms with Crippen LogP contribution in [0.15, 0.2) is 109 Å². The van der Waals surface area contributed by atoms with Crippen LogP contribution in [0.4, 0.5) is 0 Å². The summed E-state index contributed by atoms with van der Waals surface area (Å²) in [5, 5.41) is 160. The molecule has 11 bridgehead atoms. The van der Waals surface area contributed by atoms with Crippen LogP contribution >= 0.6 is 23.2 Å². The van der Waals surface area contributed by atoms with Gasteiger partial charge in [-0.05, 0) is 116 Å². The Morgan fingerprint density at radius 1 is 0.675 bits per heavy atom. The molecule has 7 amide bonds. The number of likely N-dealkylation sites (N-methyl/N-ethyl adjacent to an activating group) is 1. The Labute approximate surface area is 729 Å². The molecule has 15 rings (SSSR count). The number of hydrogen-bond acceptors (Lipinski definition) is 32. The molecule has 4 fully saturated rings. The van der Waals surface area contributed by atoms with E-state index in [4.69, 9.17) is 77.3 Å². The van der Waals surface area contributed by atoms with Crippen molar-refractivity contribution in [3.8, 4) is 57.1 Å². The van der Waals surface area contributed by atoms with Gasteiger partial charge in [0.1, 0.15) is 120 Å². The summed E-state index contributed by atoms with van der Waals surface area (Å²) < 4.78 is 57.4. The molecule has 6 aromatic rings. The number of aromatic hydroxyl groups is 3. The van der Waals surface area contributed by atoms with Gasteiger partial charge in [0.15, 0.2) is 30.1 Å². The predicted octanol–water partition coefficient (Wildman–Crippen LogP) is -0.571. The number of phenols is 3. The summed E-state index contributed by atoms with van der Waals surface area (Å²) in [6.45, 7) is 7.79. The topological polar surface area (TPSA) is 614 Å². The fourth-order valence-electron chi connectivity index (χ4n) is 16.3. The molecule has 0 aliphatic carbocycles. The lowest BCUT2D eigenvalue weighted by Crippen LogP contribution is -2.65. The number of rotatable bonds is 21. The van der Waals surface area contributed by atoms with Crippen molar-refractivity contribution in [1.82, 2.24) is 47.4 Å². The molecular formula is C84H101Cl2N11O29. The van der Waals surface area contributed by atoms with Gasteiger partial charge in [0, 0.05) is 67.4 Å². The Bertz CT molecular complexity index is 5020. The zero-order chi connectivity index (χ0) is 90.8. The van der Waals surface area contributed by atoms with Gasteiger partial charge < -0.3 is 158 Å². The van der Waals surface area contributed by atoms with Gasteiger partial charge in [0.2, 0.25) is 53.4 Å². The first-order chi connectivity index (χ1) is 59.9. The maximum Gasteiger partial charge on any atom is 0.330 e. The fraction of sp³-hybridized carbons (Fsp3) is 0.476. The maximum absolute atomic E-state index is 16.4. The highest BCUT2D eigenvalue weighted by atomic mass is 35.5. The number of aliphatic hydroxyl groups excluding tert-OH is 8. The van der Waals surface area contributed by atoms with Crippen LogP contribution in [-0.4, -0.2) is 276 Å². The van der Waals surface area contributed by atoms with Crippen molar-refractivity contribution in [3.05, 3.63) is 153 Å². The van der Waals surface area contributed by atoms with Crippen LogP contribution in [0.2, 0.25) is 10.0 Å². The number of nitrogens with zero attached hydrogens (tertiary/aromatic N) is 1. The molecule has 0 saturated carbocycles. The van der Waals surface area contributed by atoms with Crippen LogP contribution in [-0.2, 0) is 73.3 Å². The van der Waals surface area contributed by atoms with Gasteiger partial charge in [-0.1, -0.05) is 85.6 Å². The number of nitrogens with one attached hydrogen (secondary N) is 8. The van der Waals surface area contributed by atoms with E-state index in [0.717, 1.165) is 72.3 Å². The SMILES string of the molecule is CN[C@H](CC(C)C)C(=O)NC1C(=O)N[C@@H](CC(N)=O)C(=O)N[C@H]2C(=O)N[C@@H]3C(=O)N[C@H](C(=O)N[C@H](C(=O)O)c4cc(O)cc(O)c4-c4cc3ccc4O)[C@H](O[C@H]3C[C@](C)(N)[C@@H](O)[C@H](C)O3)c3ccc(c(Cl)c3)Oc3cc2cc(c3O[C@@H]2O[C@H](CO)[C@@H](O[C@@H]3O[C@H](CNCC4CN(Cc5ccccc5)CCO4)[C@H](O)[C@H](O)[C@H]3O)[C@H](O)[C@H]2O)Oc2ccc(cc2Cl)[C@H]1O. The van der Waals surface area contributed by atoms with E-state index in [1.54, 1.807) is 0 Å². The van der Waals surface area contributed by atoms with Gasteiger partial charge in [-0.3, -0.25) is 38.5 Å². The van der Waals surface area contributed by atoms with Crippen molar-refractivity contribution in [3.63, 3.8) is 0 Å². The summed E-state index contributed by atoms with van der Waals surface area (Å²) in [6.07, 6.45) is -29.4. The number of carbonyl (C=O) groups is 8. The van der Waals surface area contributed by atoms with Gasteiger partial charge >= 0.3 is 5.97 Å². The minimum absolute atomic E-state index is 0.128. The second kappa shape index (κ2) is 39.5. The number of morpholine rings is 1. The highest BCUT2D eigenvalue weighted by Gasteiger charge is 2.53. The fourth-order valence-corrected chi connectivity index (χ4v) is 16.7. The van der Waals surface area contributed by atoms with Crippen molar-refractivity contribution >= 4 is 70.5 Å². The van der Waals surface area contributed by atoms with Crippen molar-refractivity contribution < 1.29 is 142 Å². The Hall–Kier alpha value is -10.3. The van der Waals surface area contributed by atoms with E-state index in [2.05, 4.69) is 47.4 Å². The zero-order valence-electron chi connectivity index (χ0n) is 68.5. The Kier molecular flexibility index (Phi) is 29.3.